The van der Waals surface area contributed by atoms with Gasteiger partial charge in [-0.25, -0.2) is 15.0 Å². The van der Waals surface area contributed by atoms with Gasteiger partial charge >= 0.3 is 6.18 Å². The fourth-order valence-corrected chi connectivity index (χ4v) is 3.57. The summed E-state index contributed by atoms with van der Waals surface area (Å²) in [7, 11) is 0. The van der Waals surface area contributed by atoms with Crippen LogP contribution in [0.5, 0.6) is 0 Å². The lowest BCUT2D eigenvalue weighted by Crippen LogP contribution is -2.56. The van der Waals surface area contributed by atoms with Crippen molar-refractivity contribution in [2.45, 2.75) is 50.2 Å². The molecule has 2 fully saturated rings. The molecule has 2 aliphatic rings. The van der Waals surface area contributed by atoms with Gasteiger partial charge < -0.3 is 24.8 Å². The van der Waals surface area contributed by atoms with Gasteiger partial charge in [-0.2, -0.15) is 18.2 Å². The molecule has 0 bridgehead atoms. The Kier molecular flexibility index (Phi) is 5.85. The van der Waals surface area contributed by atoms with Gasteiger partial charge in [0.05, 0.1) is 25.0 Å². The first-order valence-electron chi connectivity index (χ1n) is 9.32. The van der Waals surface area contributed by atoms with Crippen molar-refractivity contribution in [3.63, 3.8) is 0 Å². The first-order chi connectivity index (χ1) is 14.6. The van der Waals surface area contributed by atoms with E-state index in [0.29, 0.717) is 6.20 Å². The number of anilines is 2. The second-order valence-corrected chi connectivity index (χ2v) is 7.77. The van der Waals surface area contributed by atoms with E-state index in [1.807, 2.05) is 0 Å². The zero-order valence-electron chi connectivity index (χ0n) is 16.4. The summed E-state index contributed by atoms with van der Waals surface area (Å²) in [6.07, 6.45) is -2.90. The highest BCUT2D eigenvalue weighted by molar-refractivity contribution is 6.28. The minimum Gasteiger partial charge on any atom is -0.371 e. The molecule has 0 amide bonds. The van der Waals surface area contributed by atoms with Gasteiger partial charge in [-0.05, 0) is 25.4 Å². The second kappa shape index (κ2) is 8.30. The third-order valence-electron chi connectivity index (χ3n) is 4.68. The van der Waals surface area contributed by atoms with Crippen molar-refractivity contribution >= 4 is 23.4 Å². The Bertz CT molecular complexity index is 936. The normalized spacial score (nSPS) is 27.5. The molecule has 0 aliphatic carbocycles. The van der Waals surface area contributed by atoms with Gasteiger partial charge in [-0.3, -0.25) is 4.98 Å². The average Bonchev–Trinajstić information content (AvgIpc) is 3.03. The van der Waals surface area contributed by atoms with Crippen LogP contribution in [0.15, 0.2) is 18.7 Å². The summed E-state index contributed by atoms with van der Waals surface area (Å²) in [6, 6.07) is -0.507. The number of ether oxygens (including phenoxy) is 3. The molecule has 0 unspecified atom stereocenters. The quantitative estimate of drug-likeness (QED) is 0.685. The van der Waals surface area contributed by atoms with Gasteiger partial charge in [0, 0.05) is 6.54 Å². The van der Waals surface area contributed by atoms with E-state index in [4.69, 9.17) is 25.8 Å². The standard InChI is InChI=1S/C17H19ClF3N7O3/c1-16(2)30-12-8(26-11-5-22-4-10(27-11)17(19,20)21)6-29-9(13(12)31-16)3-23-15-25-7-24-14(18)28-15/h4-5,7-9,12-13H,3,6H2,1-2H3,(H,26,27)(H,23,24,25,28)/t8-,9+,12+,13-/m0/s1. The lowest BCUT2D eigenvalue weighted by atomic mass is 9.98. The Labute approximate surface area is 179 Å². The lowest BCUT2D eigenvalue weighted by molar-refractivity contribution is -0.152. The van der Waals surface area contributed by atoms with Crippen molar-refractivity contribution in [2.75, 3.05) is 23.8 Å². The number of rotatable bonds is 5. The van der Waals surface area contributed by atoms with E-state index in [1.165, 1.54) is 12.5 Å². The molecule has 4 heterocycles. The Hall–Kier alpha value is -2.35. The summed E-state index contributed by atoms with van der Waals surface area (Å²) >= 11 is 5.76. The number of halogens is 4. The van der Waals surface area contributed by atoms with E-state index >= 15 is 0 Å². The van der Waals surface area contributed by atoms with E-state index in [9.17, 15) is 13.2 Å². The van der Waals surface area contributed by atoms with Crippen molar-refractivity contribution in [3.8, 4) is 0 Å². The van der Waals surface area contributed by atoms with Crippen LogP contribution in [0.4, 0.5) is 24.9 Å². The van der Waals surface area contributed by atoms with Crippen molar-refractivity contribution in [1.82, 2.24) is 24.9 Å². The first kappa shape index (κ1) is 21.9. The van der Waals surface area contributed by atoms with E-state index in [-0.39, 0.29) is 30.2 Å². The molecule has 14 heteroatoms. The molecule has 4 rings (SSSR count). The predicted octanol–water partition coefficient (Wildman–Crippen LogP) is 2.15. The number of fused-ring (bicyclic) bond motifs is 1. The summed E-state index contributed by atoms with van der Waals surface area (Å²) < 4.78 is 56.7. The van der Waals surface area contributed by atoms with Gasteiger partial charge in [-0.1, -0.05) is 0 Å². The van der Waals surface area contributed by atoms with Crippen molar-refractivity contribution in [2.24, 2.45) is 0 Å². The largest absolute Gasteiger partial charge is 0.434 e. The van der Waals surface area contributed by atoms with E-state index in [2.05, 4.69) is 35.6 Å². The maximum atomic E-state index is 12.9. The lowest BCUT2D eigenvalue weighted by Gasteiger charge is -2.37. The number of hydrogen-bond donors (Lipinski definition) is 2. The fraction of sp³-hybridized carbons (Fsp3) is 0.588. The molecular formula is C17H19ClF3N7O3. The number of nitrogens with zero attached hydrogens (tertiary/aromatic N) is 5. The van der Waals surface area contributed by atoms with E-state index in [0.717, 1.165) is 0 Å². The van der Waals surface area contributed by atoms with Gasteiger partial charge in [0.1, 0.15) is 30.5 Å². The van der Waals surface area contributed by atoms with Crippen LogP contribution in [0, 0.1) is 0 Å². The second-order valence-electron chi connectivity index (χ2n) is 7.43. The molecular weight excluding hydrogens is 443 g/mol. The van der Waals surface area contributed by atoms with Gasteiger partial charge in [-0.15, -0.1) is 0 Å². The SMILES string of the molecule is CC1(C)O[C@@H]2[C@H](O1)[C@@H](Nc1cncc(C(F)(F)F)n1)CO[C@@H]2CNc1ncnc(Cl)n1. The molecule has 2 N–H and O–H groups in total. The molecule has 31 heavy (non-hydrogen) atoms. The molecule has 10 nitrogen and oxygen atoms in total. The van der Waals surface area contributed by atoms with Crippen LogP contribution < -0.4 is 10.6 Å². The summed E-state index contributed by atoms with van der Waals surface area (Å²) in [5.74, 6) is -0.665. The zero-order valence-corrected chi connectivity index (χ0v) is 17.2. The summed E-state index contributed by atoms with van der Waals surface area (Å²) in [5.41, 5.74) is -1.09. The number of alkyl halides is 3. The minimum absolute atomic E-state index is 0.0353. The summed E-state index contributed by atoms with van der Waals surface area (Å²) in [5, 5.41) is 5.99. The highest BCUT2D eigenvalue weighted by Gasteiger charge is 2.52. The summed E-state index contributed by atoms with van der Waals surface area (Å²) in [6.45, 7) is 3.94. The Balaban J connectivity index is 1.46. The van der Waals surface area contributed by atoms with Crippen LogP contribution in [0.3, 0.4) is 0 Å². The molecule has 2 aromatic heterocycles. The molecule has 0 saturated carbocycles. The van der Waals surface area contributed by atoms with Crippen molar-refractivity contribution < 1.29 is 27.4 Å². The third kappa shape index (κ3) is 5.11. The smallest absolute Gasteiger partial charge is 0.371 e. The molecule has 0 radical (unpaired) electrons. The predicted molar refractivity (Wildman–Crippen MR) is 101 cm³/mol. The van der Waals surface area contributed by atoms with Crippen LogP contribution >= 0.6 is 11.6 Å². The van der Waals surface area contributed by atoms with Crippen molar-refractivity contribution in [3.05, 3.63) is 29.7 Å². The van der Waals surface area contributed by atoms with Gasteiger partial charge in [0.2, 0.25) is 11.2 Å². The van der Waals surface area contributed by atoms with E-state index < -0.39 is 42.0 Å². The zero-order chi connectivity index (χ0) is 22.2. The maximum Gasteiger partial charge on any atom is 0.434 e. The topological polar surface area (TPSA) is 116 Å². The molecule has 4 atom stereocenters. The number of hydrogen-bond acceptors (Lipinski definition) is 10. The van der Waals surface area contributed by atoms with Crippen LogP contribution in [-0.4, -0.2) is 68.2 Å². The molecule has 168 valence electrons. The third-order valence-corrected chi connectivity index (χ3v) is 4.86. The Morgan fingerprint density at radius 3 is 2.68 bits per heavy atom. The molecule has 0 spiro atoms. The minimum atomic E-state index is -4.60. The van der Waals surface area contributed by atoms with Crippen LogP contribution in [0.25, 0.3) is 0 Å². The first-order valence-corrected chi connectivity index (χ1v) is 9.70. The van der Waals surface area contributed by atoms with Crippen LogP contribution in [-0.2, 0) is 20.4 Å². The van der Waals surface area contributed by atoms with E-state index in [1.54, 1.807) is 13.8 Å². The van der Waals surface area contributed by atoms with Gasteiger partial charge in [0.25, 0.3) is 0 Å². The number of nitrogens with one attached hydrogen (secondary N) is 2. The van der Waals surface area contributed by atoms with Crippen molar-refractivity contribution in [1.29, 1.82) is 0 Å². The highest BCUT2D eigenvalue weighted by Crippen LogP contribution is 2.36. The van der Waals surface area contributed by atoms with Gasteiger partial charge in [0.15, 0.2) is 11.5 Å². The highest BCUT2D eigenvalue weighted by atomic mass is 35.5. The molecule has 2 saturated heterocycles. The molecule has 0 aromatic carbocycles. The monoisotopic (exact) mass is 461 g/mol. The number of aromatic nitrogens is 5. The maximum absolute atomic E-state index is 12.9. The molecule has 2 aromatic rings. The Morgan fingerprint density at radius 1 is 1.16 bits per heavy atom. The van der Waals surface area contributed by atoms with Crippen LogP contribution in [0.2, 0.25) is 5.28 Å². The fourth-order valence-electron chi connectivity index (χ4n) is 3.45. The Morgan fingerprint density at radius 2 is 1.94 bits per heavy atom. The summed E-state index contributed by atoms with van der Waals surface area (Å²) in [4.78, 5) is 18.9. The average molecular weight is 462 g/mol. The van der Waals surface area contributed by atoms with Crippen LogP contribution in [0.1, 0.15) is 19.5 Å². The molecule has 2 aliphatic heterocycles.